The van der Waals surface area contributed by atoms with E-state index >= 15 is 0 Å². The summed E-state index contributed by atoms with van der Waals surface area (Å²) < 4.78 is 0. The molecule has 1 N–H and O–H groups in total. The number of hydrogen-bond donors (Lipinski definition) is 1. The number of rotatable bonds is 6. The molecule has 0 aromatic carbocycles. The Bertz CT molecular complexity index is 377. The molecule has 1 aliphatic carbocycles. The van der Waals surface area contributed by atoms with Gasteiger partial charge in [-0.2, -0.15) is 0 Å². The van der Waals surface area contributed by atoms with Gasteiger partial charge in [0.15, 0.2) is 0 Å². The highest BCUT2D eigenvalue weighted by Crippen LogP contribution is 2.42. The summed E-state index contributed by atoms with van der Waals surface area (Å²) in [6.45, 7) is 9.95. The number of hydrogen-bond acceptors (Lipinski definition) is 4. The van der Waals surface area contributed by atoms with Gasteiger partial charge in [0.2, 0.25) is 0 Å². The van der Waals surface area contributed by atoms with Crippen molar-refractivity contribution in [3.8, 4) is 0 Å². The molecule has 102 valence electrons. The van der Waals surface area contributed by atoms with Crippen molar-refractivity contribution >= 4 is 11.3 Å². The monoisotopic (exact) mass is 267 g/mol. The molecule has 2 rings (SSSR count). The molecule has 0 spiro atoms. The molecule has 0 bridgehead atoms. The van der Waals surface area contributed by atoms with E-state index in [1.807, 2.05) is 11.3 Å². The molecule has 1 saturated carbocycles. The summed E-state index contributed by atoms with van der Waals surface area (Å²) in [6.07, 6.45) is 4.96. The predicted octanol–water partition coefficient (Wildman–Crippen LogP) is 3.37. The quantitative estimate of drug-likeness (QED) is 0.803. The Morgan fingerprint density at radius 3 is 2.67 bits per heavy atom. The van der Waals surface area contributed by atoms with Crippen LogP contribution >= 0.6 is 11.3 Å². The highest BCUT2D eigenvalue weighted by molar-refractivity contribution is 7.11. The van der Waals surface area contributed by atoms with E-state index in [0.717, 1.165) is 25.3 Å². The van der Waals surface area contributed by atoms with Gasteiger partial charge < -0.3 is 5.32 Å². The van der Waals surface area contributed by atoms with Crippen LogP contribution in [0.5, 0.6) is 0 Å². The number of aryl methyl sites for hydroxylation is 1. The van der Waals surface area contributed by atoms with E-state index in [-0.39, 0.29) is 5.54 Å². The first-order valence-corrected chi connectivity index (χ1v) is 7.84. The standard InChI is InChI=1S/C14H25N3S/c1-10(11-7-8-11)13-17-16-12(18-13)6-5-9-15-14(2,3)4/h10-11,15H,5-9H2,1-4H3. The molecule has 18 heavy (non-hydrogen) atoms. The molecule has 1 aliphatic rings. The van der Waals surface area contributed by atoms with Gasteiger partial charge in [0.1, 0.15) is 10.0 Å². The van der Waals surface area contributed by atoms with Crippen LogP contribution in [0.4, 0.5) is 0 Å². The Kier molecular flexibility index (Phi) is 4.38. The van der Waals surface area contributed by atoms with Crippen molar-refractivity contribution in [1.29, 1.82) is 0 Å². The zero-order valence-electron chi connectivity index (χ0n) is 12.0. The van der Waals surface area contributed by atoms with Crippen molar-refractivity contribution < 1.29 is 0 Å². The Hall–Kier alpha value is -0.480. The highest BCUT2D eigenvalue weighted by Gasteiger charge is 2.31. The van der Waals surface area contributed by atoms with Crippen LogP contribution in [0.25, 0.3) is 0 Å². The topological polar surface area (TPSA) is 37.8 Å². The van der Waals surface area contributed by atoms with E-state index in [2.05, 4.69) is 43.2 Å². The Labute approximate surface area is 114 Å². The smallest absolute Gasteiger partial charge is 0.120 e. The first-order chi connectivity index (χ1) is 8.46. The van der Waals surface area contributed by atoms with Crippen molar-refractivity contribution in [1.82, 2.24) is 15.5 Å². The molecule has 0 saturated heterocycles. The Morgan fingerprint density at radius 1 is 1.33 bits per heavy atom. The van der Waals surface area contributed by atoms with E-state index in [4.69, 9.17) is 0 Å². The lowest BCUT2D eigenvalue weighted by Crippen LogP contribution is -2.36. The largest absolute Gasteiger partial charge is 0.312 e. The van der Waals surface area contributed by atoms with Gasteiger partial charge in [0.05, 0.1) is 0 Å². The van der Waals surface area contributed by atoms with Gasteiger partial charge in [0, 0.05) is 17.9 Å². The number of nitrogens with zero attached hydrogens (tertiary/aromatic N) is 2. The van der Waals surface area contributed by atoms with Crippen LogP contribution in [-0.2, 0) is 6.42 Å². The third kappa shape index (κ3) is 4.32. The van der Waals surface area contributed by atoms with E-state index in [0.29, 0.717) is 5.92 Å². The third-order valence-corrected chi connectivity index (χ3v) is 4.61. The molecule has 1 aromatic rings. The molecule has 0 radical (unpaired) electrons. The van der Waals surface area contributed by atoms with E-state index in [9.17, 15) is 0 Å². The second-order valence-corrected chi connectivity index (χ2v) is 7.53. The minimum absolute atomic E-state index is 0.215. The third-order valence-electron chi connectivity index (χ3n) is 3.42. The summed E-state index contributed by atoms with van der Waals surface area (Å²) in [6, 6.07) is 0. The second-order valence-electron chi connectivity index (χ2n) is 6.44. The first-order valence-electron chi connectivity index (χ1n) is 7.03. The highest BCUT2D eigenvalue weighted by atomic mass is 32.1. The van der Waals surface area contributed by atoms with Crippen LogP contribution in [-0.4, -0.2) is 22.3 Å². The lowest BCUT2D eigenvalue weighted by Gasteiger charge is -2.20. The van der Waals surface area contributed by atoms with Crippen LogP contribution < -0.4 is 5.32 Å². The molecule has 1 fully saturated rings. The zero-order valence-corrected chi connectivity index (χ0v) is 12.8. The summed E-state index contributed by atoms with van der Waals surface area (Å²) >= 11 is 1.82. The average molecular weight is 267 g/mol. The molecule has 1 unspecified atom stereocenters. The van der Waals surface area contributed by atoms with Crippen LogP contribution in [0.1, 0.15) is 62.9 Å². The molecule has 3 nitrogen and oxygen atoms in total. The van der Waals surface area contributed by atoms with Crippen molar-refractivity contribution in [3.05, 3.63) is 10.0 Å². The maximum atomic E-state index is 4.35. The Morgan fingerprint density at radius 2 is 2.06 bits per heavy atom. The van der Waals surface area contributed by atoms with Gasteiger partial charge in [-0.25, -0.2) is 0 Å². The fraction of sp³-hybridized carbons (Fsp3) is 0.857. The molecule has 1 heterocycles. The molecule has 1 aromatic heterocycles. The van der Waals surface area contributed by atoms with Crippen LogP contribution in [0.3, 0.4) is 0 Å². The van der Waals surface area contributed by atoms with Gasteiger partial charge in [-0.3, -0.25) is 0 Å². The van der Waals surface area contributed by atoms with Crippen LogP contribution in [0.15, 0.2) is 0 Å². The summed E-state index contributed by atoms with van der Waals surface area (Å²) in [5, 5.41) is 14.6. The van der Waals surface area contributed by atoms with Crippen molar-refractivity contribution in [2.75, 3.05) is 6.54 Å². The summed E-state index contributed by atoms with van der Waals surface area (Å²) in [4.78, 5) is 0. The molecule has 4 heteroatoms. The van der Waals surface area contributed by atoms with E-state index in [1.54, 1.807) is 0 Å². The SMILES string of the molecule is CC(c1nnc(CCCNC(C)(C)C)s1)C1CC1. The van der Waals surface area contributed by atoms with Crippen molar-refractivity contribution in [3.63, 3.8) is 0 Å². The molecular weight excluding hydrogens is 242 g/mol. The van der Waals surface area contributed by atoms with Gasteiger partial charge in [-0.1, -0.05) is 6.92 Å². The second kappa shape index (κ2) is 5.66. The minimum Gasteiger partial charge on any atom is -0.312 e. The van der Waals surface area contributed by atoms with Gasteiger partial charge >= 0.3 is 0 Å². The average Bonchev–Trinajstić information content (AvgIpc) is 3.02. The normalized spacial score (nSPS) is 18.0. The summed E-state index contributed by atoms with van der Waals surface area (Å²) in [5.41, 5.74) is 0.215. The molecular formula is C14H25N3S. The van der Waals surface area contributed by atoms with Crippen molar-refractivity contribution in [2.24, 2.45) is 5.92 Å². The van der Waals surface area contributed by atoms with Gasteiger partial charge in [0.25, 0.3) is 0 Å². The molecule has 0 amide bonds. The molecule has 0 aliphatic heterocycles. The Balaban J connectivity index is 1.73. The fourth-order valence-electron chi connectivity index (χ4n) is 2.05. The summed E-state index contributed by atoms with van der Waals surface area (Å²) in [5.74, 6) is 1.51. The maximum absolute atomic E-state index is 4.35. The maximum Gasteiger partial charge on any atom is 0.120 e. The van der Waals surface area contributed by atoms with E-state index in [1.165, 1.54) is 22.9 Å². The number of nitrogens with one attached hydrogen (secondary N) is 1. The minimum atomic E-state index is 0.215. The van der Waals surface area contributed by atoms with E-state index < -0.39 is 0 Å². The lowest BCUT2D eigenvalue weighted by molar-refractivity contribution is 0.422. The predicted molar refractivity (Wildman–Crippen MR) is 77.1 cm³/mol. The lowest BCUT2D eigenvalue weighted by atomic mass is 10.1. The first kappa shape index (κ1) is 13.9. The van der Waals surface area contributed by atoms with Crippen molar-refractivity contribution in [2.45, 2.75) is 64.8 Å². The van der Waals surface area contributed by atoms with Crippen LogP contribution in [0, 0.1) is 5.92 Å². The van der Waals surface area contributed by atoms with Gasteiger partial charge in [-0.15, -0.1) is 21.5 Å². The van der Waals surface area contributed by atoms with Crippen LogP contribution in [0.2, 0.25) is 0 Å². The zero-order chi connectivity index (χ0) is 13.2. The summed E-state index contributed by atoms with van der Waals surface area (Å²) in [7, 11) is 0. The van der Waals surface area contributed by atoms with Gasteiger partial charge in [-0.05, 0) is 52.5 Å². The molecule has 1 atom stereocenters. The fourth-order valence-corrected chi connectivity index (χ4v) is 3.08. The number of aromatic nitrogens is 2.